The number of hydrogen-bond donors (Lipinski definition) is 2. The first kappa shape index (κ1) is 26.2. The maximum absolute atomic E-state index is 13.6. The fourth-order valence-electron chi connectivity index (χ4n) is 6.20. The quantitative estimate of drug-likeness (QED) is 0.250. The molecule has 8 heteroatoms. The Hall–Kier alpha value is -4.07. The van der Waals surface area contributed by atoms with Gasteiger partial charge in [-0.3, -0.25) is 9.59 Å². The van der Waals surface area contributed by atoms with E-state index in [0.717, 1.165) is 12.3 Å². The van der Waals surface area contributed by atoms with Gasteiger partial charge in [0.15, 0.2) is 0 Å². The molecule has 7 rings (SSSR count). The zero-order chi connectivity index (χ0) is 28.0. The first-order valence-electron chi connectivity index (χ1n) is 13.6. The Kier molecular flexibility index (Phi) is 6.86. The summed E-state index contributed by atoms with van der Waals surface area (Å²) in [5.41, 5.74) is 3.57. The van der Waals surface area contributed by atoms with Gasteiger partial charge in [-0.25, -0.2) is 13.2 Å². The molecule has 5 nitrogen and oxygen atoms in total. The van der Waals surface area contributed by atoms with Gasteiger partial charge in [-0.1, -0.05) is 12.1 Å². The molecule has 1 unspecified atom stereocenters. The Bertz CT molecular complexity index is 1590. The van der Waals surface area contributed by atoms with Gasteiger partial charge in [0.25, 0.3) is 11.8 Å². The molecular weight excluding hydrogens is 517 g/mol. The molecule has 3 saturated carbocycles. The summed E-state index contributed by atoms with van der Waals surface area (Å²) in [7, 11) is 1.50. The molecular formula is C32H29F3N2O3. The molecule has 1 atom stereocenters. The second kappa shape index (κ2) is 10.5. The molecule has 0 saturated heterocycles. The van der Waals surface area contributed by atoms with E-state index in [1.54, 1.807) is 30.3 Å². The van der Waals surface area contributed by atoms with Crippen LogP contribution in [-0.2, 0) is 6.42 Å². The van der Waals surface area contributed by atoms with Crippen LogP contribution in [0.2, 0.25) is 0 Å². The van der Waals surface area contributed by atoms with Crippen molar-refractivity contribution in [1.29, 1.82) is 0 Å². The highest BCUT2D eigenvalue weighted by molar-refractivity contribution is 6.12. The number of benzene rings is 3. The number of carbonyl (C=O) groups is 2. The highest BCUT2D eigenvalue weighted by Crippen LogP contribution is 2.48. The van der Waals surface area contributed by atoms with E-state index in [1.165, 1.54) is 44.2 Å². The van der Waals surface area contributed by atoms with Gasteiger partial charge < -0.3 is 15.1 Å². The van der Waals surface area contributed by atoms with Crippen LogP contribution >= 0.6 is 0 Å². The average Bonchev–Trinajstić information content (AvgIpc) is 3.63. The monoisotopic (exact) mass is 546 g/mol. The Labute approximate surface area is 229 Å². The summed E-state index contributed by atoms with van der Waals surface area (Å²) in [5.74, 6) is 0.561. The minimum Gasteiger partial charge on any atom is -0.455 e. The smallest absolute Gasteiger partial charge is 0.255 e. The van der Waals surface area contributed by atoms with Crippen molar-refractivity contribution in [1.82, 2.24) is 10.6 Å². The van der Waals surface area contributed by atoms with Crippen LogP contribution in [-0.4, -0.2) is 31.3 Å². The van der Waals surface area contributed by atoms with Crippen LogP contribution in [0.15, 0.2) is 65.1 Å². The van der Waals surface area contributed by atoms with Crippen LogP contribution in [0.1, 0.15) is 52.0 Å². The Morgan fingerprint density at radius 1 is 0.975 bits per heavy atom. The third-order valence-corrected chi connectivity index (χ3v) is 8.29. The summed E-state index contributed by atoms with van der Waals surface area (Å²) in [5, 5.41) is 6.30. The molecule has 2 N–H and O–H groups in total. The van der Waals surface area contributed by atoms with Crippen LogP contribution < -0.4 is 10.6 Å². The van der Waals surface area contributed by atoms with Gasteiger partial charge in [0.1, 0.15) is 17.2 Å². The van der Waals surface area contributed by atoms with Gasteiger partial charge in [-0.2, -0.15) is 0 Å². The fourth-order valence-corrected chi connectivity index (χ4v) is 6.20. The van der Waals surface area contributed by atoms with Crippen LogP contribution in [0.3, 0.4) is 0 Å². The van der Waals surface area contributed by atoms with Crippen molar-refractivity contribution in [3.05, 3.63) is 83.2 Å². The normalized spacial score (nSPS) is 19.6. The zero-order valence-corrected chi connectivity index (χ0v) is 22.0. The zero-order valence-electron chi connectivity index (χ0n) is 22.0. The van der Waals surface area contributed by atoms with Crippen LogP contribution in [0, 0.1) is 17.7 Å². The van der Waals surface area contributed by atoms with Crippen LogP contribution in [0.4, 0.5) is 13.2 Å². The minimum absolute atomic E-state index is 0.0758. The molecule has 40 heavy (non-hydrogen) atoms. The highest BCUT2D eigenvalue weighted by Gasteiger charge is 2.44. The van der Waals surface area contributed by atoms with Gasteiger partial charge in [0, 0.05) is 36.0 Å². The number of hydrogen-bond acceptors (Lipinski definition) is 3. The SMILES string of the molecule is CNC(=O)c1c(-c2ccc(F)cc2)oc2cc(CCC(F)F)c(-c3cccc(C(=O)NC4CC5CC4C5)c3)cc12. The molecule has 1 aromatic heterocycles. The van der Waals surface area contributed by atoms with E-state index in [-0.39, 0.29) is 36.1 Å². The van der Waals surface area contributed by atoms with Gasteiger partial charge in [0.2, 0.25) is 6.43 Å². The summed E-state index contributed by atoms with van der Waals surface area (Å²) in [6.07, 6.45) is 0.603. The van der Waals surface area contributed by atoms with E-state index in [2.05, 4.69) is 10.6 Å². The molecule has 2 amide bonds. The maximum atomic E-state index is 13.6. The Balaban J connectivity index is 1.45. The van der Waals surface area contributed by atoms with E-state index in [4.69, 9.17) is 4.42 Å². The molecule has 4 aromatic rings. The van der Waals surface area contributed by atoms with Crippen LogP contribution in [0.5, 0.6) is 0 Å². The second-order valence-corrected chi connectivity index (χ2v) is 10.8. The predicted molar refractivity (Wildman–Crippen MR) is 147 cm³/mol. The number of nitrogens with one attached hydrogen (secondary N) is 2. The molecule has 0 radical (unpaired) electrons. The lowest BCUT2D eigenvalue weighted by Gasteiger charge is -2.24. The third-order valence-electron chi connectivity index (χ3n) is 8.29. The van der Waals surface area contributed by atoms with E-state index < -0.39 is 18.1 Å². The topological polar surface area (TPSA) is 71.3 Å². The van der Waals surface area contributed by atoms with E-state index in [0.29, 0.717) is 44.7 Å². The lowest BCUT2D eigenvalue weighted by molar-refractivity contribution is 0.0927. The molecule has 1 heterocycles. The Morgan fingerprint density at radius 3 is 2.42 bits per heavy atom. The molecule has 3 aliphatic rings. The number of rotatable bonds is 8. The highest BCUT2D eigenvalue weighted by atomic mass is 19.3. The summed E-state index contributed by atoms with van der Waals surface area (Å²) >= 11 is 0. The Morgan fingerprint density at radius 2 is 1.75 bits per heavy atom. The van der Waals surface area contributed by atoms with E-state index in [9.17, 15) is 22.8 Å². The van der Waals surface area contributed by atoms with Crippen molar-refractivity contribution >= 4 is 22.8 Å². The number of aryl methyl sites for hydroxylation is 1. The number of amides is 2. The fraction of sp³-hybridized carbons (Fsp3) is 0.312. The maximum Gasteiger partial charge on any atom is 0.255 e. The van der Waals surface area contributed by atoms with Gasteiger partial charge in [-0.15, -0.1) is 0 Å². The molecule has 3 aliphatic carbocycles. The van der Waals surface area contributed by atoms with Gasteiger partial charge in [-0.05, 0) is 103 Å². The lowest BCUT2D eigenvalue weighted by Crippen LogP contribution is -2.36. The molecule has 206 valence electrons. The summed E-state index contributed by atoms with van der Waals surface area (Å²) in [6, 6.07) is 16.4. The van der Waals surface area contributed by atoms with Crippen molar-refractivity contribution in [3.8, 4) is 22.5 Å². The summed E-state index contributed by atoms with van der Waals surface area (Å²) in [6.45, 7) is 0. The van der Waals surface area contributed by atoms with Crippen molar-refractivity contribution < 1.29 is 27.2 Å². The number of furan rings is 1. The van der Waals surface area contributed by atoms with Crippen molar-refractivity contribution in [3.63, 3.8) is 0 Å². The number of halogens is 3. The first-order valence-corrected chi connectivity index (χ1v) is 13.6. The predicted octanol–water partition coefficient (Wildman–Crippen LogP) is 6.99. The third kappa shape index (κ3) is 4.87. The van der Waals surface area contributed by atoms with E-state index >= 15 is 0 Å². The first-order chi connectivity index (χ1) is 19.3. The number of alkyl halides is 2. The van der Waals surface area contributed by atoms with E-state index in [1.807, 2.05) is 6.07 Å². The van der Waals surface area contributed by atoms with Crippen molar-refractivity contribution in [2.75, 3.05) is 7.05 Å². The molecule has 0 spiro atoms. The molecule has 3 fully saturated rings. The molecule has 2 bridgehead atoms. The van der Waals surface area contributed by atoms with Crippen molar-refractivity contribution in [2.24, 2.45) is 11.8 Å². The number of fused-ring (bicyclic) bond motifs is 2. The standard InChI is InChI=1S/C32H29F3N2O3/c1-36-32(39)29-25-16-24(19-3-2-4-21(14-19)31(38)37-26-13-17-11-22(26)12-17)20(7-10-28(34)35)15-27(25)40-30(29)18-5-8-23(33)9-6-18/h2-6,8-9,14-17,22,26,28H,7,10-13H2,1H3,(H,36,39)(H,37,38). The number of carbonyl (C=O) groups excluding carboxylic acids is 2. The largest absolute Gasteiger partial charge is 0.455 e. The molecule has 0 aliphatic heterocycles. The molecule has 3 aromatic carbocycles. The van der Waals surface area contributed by atoms with Gasteiger partial charge in [0.05, 0.1) is 5.56 Å². The van der Waals surface area contributed by atoms with Crippen LogP contribution in [0.25, 0.3) is 33.4 Å². The minimum atomic E-state index is -2.49. The average molecular weight is 547 g/mol. The lowest BCUT2D eigenvalue weighted by atomic mass is 9.84. The van der Waals surface area contributed by atoms with Gasteiger partial charge >= 0.3 is 0 Å². The van der Waals surface area contributed by atoms with Crippen molar-refractivity contribution in [2.45, 2.75) is 44.6 Å². The summed E-state index contributed by atoms with van der Waals surface area (Å²) in [4.78, 5) is 26.2. The second-order valence-electron chi connectivity index (χ2n) is 10.8. The summed E-state index contributed by atoms with van der Waals surface area (Å²) < 4.78 is 46.3.